The lowest BCUT2D eigenvalue weighted by atomic mass is 10.1. The molecule has 0 aliphatic carbocycles. The minimum absolute atomic E-state index is 0.140. The van der Waals surface area contributed by atoms with Crippen molar-refractivity contribution in [2.45, 2.75) is 6.54 Å². The number of H-pyrrole nitrogens is 1. The molecule has 0 saturated carbocycles. The summed E-state index contributed by atoms with van der Waals surface area (Å²) in [6, 6.07) is 16.4. The number of benzene rings is 2. The predicted molar refractivity (Wildman–Crippen MR) is 80.7 cm³/mol. The van der Waals surface area contributed by atoms with Gasteiger partial charge in [-0.2, -0.15) is 5.10 Å². The zero-order valence-electron chi connectivity index (χ0n) is 11.2. The van der Waals surface area contributed by atoms with Gasteiger partial charge in [0.2, 0.25) is 0 Å². The fourth-order valence-electron chi connectivity index (χ4n) is 2.36. The van der Waals surface area contributed by atoms with Crippen molar-refractivity contribution in [3.8, 4) is 0 Å². The average Bonchev–Trinajstić information content (AvgIpc) is 2.95. The van der Waals surface area contributed by atoms with Gasteiger partial charge < -0.3 is 10.0 Å². The summed E-state index contributed by atoms with van der Waals surface area (Å²) in [5.41, 5.74) is 3.35. The van der Waals surface area contributed by atoms with Crippen LogP contribution in [0.15, 0.2) is 54.7 Å². The Morgan fingerprint density at radius 2 is 1.95 bits per heavy atom. The van der Waals surface area contributed by atoms with Gasteiger partial charge in [0, 0.05) is 24.2 Å². The van der Waals surface area contributed by atoms with Crippen LogP contribution in [0.2, 0.25) is 0 Å². The Morgan fingerprint density at radius 3 is 2.75 bits per heavy atom. The molecule has 1 heterocycles. The minimum atomic E-state index is 0.140. The molecule has 0 saturated heterocycles. The normalized spacial score (nSPS) is 10.8. The average molecular weight is 267 g/mol. The van der Waals surface area contributed by atoms with Crippen molar-refractivity contribution >= 4 is 16.6 Å². The van der Waals surface area contributed by atoms with Crippen LogP contribution in [0.3, 0.4) is 0 Å². The summed E-state index contributed by atoms with van der Waals surface area (Å²) in [5, 5.41) is 17.4. The van der Waals surface area contributed by atoms with E-state index in [9.17, 15) is 5.11 Å². The van der Waals surface area contributed by atoms with E-state index in [1.165, 1.54) is 5.56 Å². The maximum atomic E-state index is 9.26. The van der Waals surface area contributed by atoms with Crippen molar-refractivity contribution in [3.05, 3.63) is 60.3 Å². The third kappa shape index (κ3) is 2.65. The van der Waals surface area contributed by atoms with Crippen molar-refractivity contribution in [1.29, 1.82) is 0 Å². The molecule has 3 aromatic rings. The number of aliphatic hydroxyl groups is 1. The molecule has 4 nitrogen and oxygen atoms in total. The number of rotatable bonds is 5. The SMILES string of the molecule is OCCN(Cc1ccc2cn[nH]c2c1)c1ccccc1. The number of aromatic nitrogens is 2. The first-order valence-corrected chi connectivity index (χ1v) is 6.70. The molecule has 102 valence electrons. The minimum Gasteiger partial charge on any atom is -0.395 e. The van der Waals surface area contributed by atoms with Crippen molar-refractivity contribution in [1.82, 2.24) is 10.2 Å². The van der Waals surface area contributed by atoms with Gasteiger partial charge in [-0.25, -0.2) is 0 Å². The maximum Gasteiger partial charge on any atom is 0.0653 e. The first-order valence-electron chi connectivity index (χ1n) is 6.70. The van der Waals surface area contributed by atoms with Gasteiger partial charge in [-0.3, -0.25) is 5.10 Å². The molecule has 0 atom stereocenters. The van der Waals surface area contributed by atoms with Gasteiger partial charge in [0.25, 0.3) is 0 Å². The molecule has 0 bridgehead atoms. The van der Waals surface area contributed by atoms with E-state index in [1.807, 2.05) is 24.4 Å². The summed E-state index contributed by atoms with van der Waals surface area (Å²) in [7, 11) is 0. The summed E-state index contributed by atoms with van der Waals surface area (Å²) in [6.07, 6.45) is 1.82. The predicted octanol–water partition coefficient (Wildman–Crippen LogP) is 2.56. The second-order valence-electron chi connectivity index (χ2n) is 4.77. The van der Waals surface area contributed by atoms with Crippen LogP contribution in [0.4, 0.5) is 5.69 Å². The van der Waals surface area contributed by atoms with Gasteiger partial charge >= 0.3 is 0 Å². The third-order valence-electron chi connectivity index (χ3n) is 3.37. The quantitative estimate of drug-likeness (QED) is 0.747. The lowest BCUT2D eigenvalue weighted by Crippen LogP contribution is -2.25. The van der Waals surface area contributed by atoms with E-state index in [4.69, 9.17) is 0 Å². The second kappa shape index (κ2) is 5.75. The number of para-hydroxylation sites is 1. The number of hydrogen-bond acceptors (Lipinski definition) is 3. The molecule has 4 heteroatoms. The van der Waals surface area contributed by atoms with E-state index in [1.54, 1.807) is 0 Å². The topological polar surface area (TPSA) is 52.1 Å². The molecule has 2 N–H and O–H groups in total. The highest BCUT2D eigenvalue weighted by Gasteiger charge is 2.07. The zero-order valence-corrected chi connectivity index (χ0v) is 11.2. The Hall–Kier alpha value is -2.33. The highest BCUT2D eigenvalue weighted by Crippen LogP contribution is 2.19. The smallest absolute Gasteiger partial charge is 0.0653 e. The number of fused-ring (bicyclic) bond motifs is 1. The van der Waals surface area contributed by atoms with E-state index < -0.39 is 0 Å². The number of hydrogen-bond donors (Lipinski definition) is 2. The Bertz CT molecular complexity index is 678. The van der Waals surface area contributed by atoms with Gasteiger partial charge in [-0.1, -0.05) is 30.3 Å². The van der Waals surface area contributed by atoms with Gasteiger partial charge in [0.15, 0.2) is 0 Å². The van der Waals surface area contributed by atoms with Crippen LogP contribution in [0.5, 0.6) is 0 Å². The Balaban J connectivity index is 1.85. The standard InChI is InChI=1S/C16H17N3O/c20-9-8-19(15-4-2-1-3-5-15)12-13-6-7-14-11-17-18-16(14)10-13/h1-7,10-11,20H,8-9,12H2,(H,17,18). The molecule has 3 rings (SSSR count). The van der Waals surface area contributed by atoms with Crippen LogP contribution in [0.1, 0.15) is 5.56 Å². The molecule has 0 spiro atoms. The van der Waals surface area contributed by atoms with Crippen LogP contribution < -0.4 is 4.90 Å². The number of nitrogens with zero attached hydrogens (tertiary/aromatic N) is 2. The molecular weight excluding hydrogens is 250 g/mol. The molecule has 0 fully saturated rings. The van der Waals surface area contributed by atoms with Crippen molar-refractivity contribution < 1.29 is 5.11 Å². The van der Waals surface area contributed by atoms with Gasteiger partial charge in [-0.15, -0.1) is 0 Å². The fraction of sp³-hybridized carbons (Fsp3) is 0.188. The van der Waals surface area contributed by atoms with Crippen LogP contribution in [-0.4, -0.2) is 28.5 Å². The van der Waals surface area contributed by atoms with Gasteiger partial charge in [0.05, 0.1) is 18.3 Å². The lowest BCUT2D eigenvalue weighted by Gasteiger charge is -2.24. The molecule has 2 aromatic carbocycles. The zero-order chi connectivity index (χ0) is 13.8. The van der Waals surface area contributed by atoms with Gasteiger partial charge in [0.1, 0.15) is 0 Å². The molecular formula is C16H17N3O. The summed E-state index contributed by atoms with van der Waals surface area (Å²) < 4.78 is 0. The van der Waals surface area contributed by atoms with E-state index in [0.29, 0.717) is 6.54 Å². The maximum absolute atomic E-state index is 9.26. The molecule has 0 aliphatic rings. The van der Waals surface area contributed by atoms with Crippen LogP contribution >= 0.6 is 0 Å². The van der Waals surface area contributed by atoms with Crippen molar-refractivity contribution in [2.24, 2.45) is 0 Å². The molecule has 0 radical (unpaired) electrons. The summed E-state index contributed by atoms with van der Waals surface area (Å²) in [4.78, 5) is 2.16. The molecule has 0 unspecified atom stereocenters. The molecule has 0 aliphatic heterocycles. The van der Waals surface area contributed by atoms with E-state index in [2.05, 4.69) is 45.4 Å². The summed E-state index contributed by atoms with van der Waals surface area (Å²) in [5.74, 6) is 0. The monoisotopic (exact) mass is 267 g/mol. The van der Waals surface area contributed by atoms with Crippen molar-refractivity contribution in [2.75, 3.05) is 18.1 Å². The Morgan fingerprint density at radius 1 is 1.10 bits per heavy atom. The Labute approximate surface area is 117 Å². The fourth-order valence-corrected chi connectivity index (χ4v) is 2.36. The lowest BCUT2D eigenvalue weighted by molar-refractivity contribution is 0.301. The summed E-state index contributed by atoms with van der Waals surface area (Å²) in [6.45, 7) is 1.52. The molecule has 1 aromatic heterocycles. The Kier molecular flexibility index (Phi) is 3.65. The summed E-state index contributed by atoms with van der Waals surface area (Å²) >= 11 is 0. The largest absolute Gasteiger partial charge is 0.395 e. The molecule has 0 amide bonds. The highest BCUT2D eigenvalue weighted by atomic mass is 16.3. The second-order valence-corrected chi connectivity index (χ2v) is 4.77. The number of nitrogens with one attached hydrogen (secondary N) is 1. The van der Waals surface area contributed by atoms with E-state index >= 15 is 0 Å². The third-order valence-corrected chi connectivity index (χ3v) is 3.37. The number of aliphatic hydroxyl groups excluding tert-OH is 1. The van der Waals surface area contributed by atoms with Crippen molar-refractivity contribution in [3.63, 3.8) is 0 Å². The van der Waals surface area contributed by atoms with E-state index in [-0.39, 0.29) is 6.61 Å². The number of aromatic amines is 1. The van der Waals surface area contributed by atoms with Crippen LogP contribution in [0, 0.1) is 0 Å². The first-order chi connectivity index (χ1) is 9.86. The molecule has 20 heavy (non-hydrogen) atoms. The van der Waals surface area contributed by atoms with Crippen LogP contribution in [-0.2, 0) is 6.54 Å². The first kappa shape index (κ1) is 12.7. The highest BCUT2D eigenvalue weighted by molar-refractivity contribution is 5.78. The van der Waals surface area contributed by atoms with E-state index in [0.717, 1.165) is 23.1 Å². The van der Waals surface area contributed by atoms with Crippen LogP contribution in [0.25, 0.3) is 10.9 Å². The number of anilines is 1. The van der Waals surface area contributed by atoms with Gasteiger partial charge in [-0.05, 0) is 23.8 Å².